The topological polar surface area (TPSA) is 76.8 Å². The van der Waals surface area contributed by atoms with Crippen LogP contribution in [0, 0.1) is 0 Å². The molecule has 20 heavy (non-hydrogen) atoms. The Morgan fingerprint density at radius 3 is 2.85 bits per heavy atom. The molecule has 0 aliphatic rings. The summed E-state index contributed by atoms with van der Waals surface area (Å²) in [5.41, 5.74) is 9.23. The number of aromatic nitrogens is 3. The van der Waals surface area contributed by atoms with Crippen LogP contribution >= 0.6 is 0 Å². The second-order valence-corrected chi connectivity index (χ2v) is 4.95. The zero-order valence-electron chi connectivity index (χ0n) is 11.4. The average Bonchev–Trinajstić information content (AvgIpc) is 2.81. The van der Waals surface area contributed by atoms with E-state index >= 15 is 0 Å². The number of aromatic amines is 1. The molecule has 0 atom stereocenters. The standard InChI is InChI=1S/C15H16N4O/c1-9(2)20-12-5-10(7-17-8-12)15-13-6-11(16)3-4-14(13)18-19-15/h3-9H,16H2,1-2H3,(H,18,19). The minimum Gasteiger partial charge on any atom is -0.489 e. The number of rotatable bonds is 3. The second kappa shape index (κ2) is 4.85. The zero-order chi connectivity index (χ0) is 14.1. The maximum Gasteiger partial charge on any atom is 0.138 e. The summed E-state index contributed by atoms with van der Waals surface area (Å²) in [6, 6.07) is 7.61. The number of benzene rings is 1. The lowest BCUT2D eigenvalue weighted by molar-refractivity contribution is 0.241. The maximum atomic E-state index is 5.84. The van der Waals surface area contributed by atoms with Crippen LogP contribution in [0.25, 0.3) is 22.2 Å². The Bertz CT molecular complexity index is 748. The molecule has 0 fully saturated rings. The van der Waals surface area contributed by atoms with Gasteiger partial charge < -0.3 is 10.5 Å². The molecule has 0 amide bonds. The van der Waals surface area contributed by atoms with Gasteiger partial charge in [-0.05, 0) is 38.1 Å². The number of ether oxygens (including phenoxy) is 1. The molecule has 5 heteroatoms. The van der Waals surface area contributed by atoms with Gasteiger partial charge in [0.05, 0.1) is 17.8 Å². The summed E-state index contributed by atoms with van der Waals surface area (Å²) in [5.74, 6) is 0.734. The average molecular weight is 268 g/mol. The molecule has 102 valence electrons. The Hall–Kier alpha value is -2.56. The van der Waals surface area contributed by atoms with E-state index in [9.17, 15) is 0 Å². The molecular weight excluding hydrogens is 252 g/mol. The SMILES string of the molecule is CC(C)Oc1cncc(-c2n[nH]c3ccc(N)cc23)c1. The van der Waals surface area contributed by atoms with Crippen molar-refractivity contribution in [2.24, 2.45) is 0 Å². The van der Waals surface area contributed by atoms with Crippen molar-refractivity contribution in [3.05, 3.63) is 36.7 Å². The number of nitrogens with zero attached hydrogens (tertiary/aromatic N) is 2. The molecule has 2 heterocycles. The van der Waals surface area contributed by atoms with Gasteiger partial charge in [-0.3, -0.25) is 10.1 Å². The smallest absolute Gasteiger partial charge is 0.138 e. The first-order valence-corrected chi connectivity index (χ1v) is 6.49. The number of anilines is 1. The van der Waals surface area contributed by atoms with Crippen LogP contribution in [0.1, 0.15) is 13.8 Å². The molecule has 0 aliphatic carbocycles. The van der Waals surface area contributed by atoms with Crippen LogP contribution in [0.15, 0.2) is 36.7 Å². The first kappa shape index (κ1) is 12.5. The highest BCUT2D eigenvalue weighted by Crippen LogP contribution is 2.29. The lowest BCUT2D eigenvalue weighted by atomic mass is 10.1. The second-order valence-electron chi connectivity index (χ2n) is 4.95. The molecule has 1 aromatic carbocycles. The summed E-state index contributed by atoms with van der Waals surface area (Å²) < 4.78 is 5.66. The van der Waals surface area contributed by atoms with Crippen molar-refractivity contribution in [2.45, 2.75) is 20.0 Å². The van der Waals surface area contributed by atoms with Crippen LogP contribution in [0.3, 0.4) is 0 Å². The van der Waals surface area contributed by atoms with Gasteiger partial charge in [0.25, 0.3) is 0 Å². The van der Waals surface area contributed by atoms with Gasteiger partial charge in [0.1, 0.15) is 11.4 Å². The number of hydrogen-bond donors (Lipinski definition) is 2. The lowest BCUT2D eigenvalue weighted by Crippen LogP contribution is -2.05. The summed E-state index contributed by atoms with van der Waals surface area (Å²) in [6.45, 7) is 3.97. The van der Waals surface area contributed by atoms with Crippen LogP contribution in [-0.2, 0) is 0 Å². The van der Waals surface area contributed by atoms with E-state index in [2.05, 4.69) is 15.2 Å². The maximum absolute atomic E-state index is 5.84. The van der Waals surface area contributed by atoms with E-state index in [4.69, 9.17) is 10.5 Å². The molecule has 3 aromatic rings. The van der Waals surface area contributed by atoms with E-state index in [1.165, 1.54) is 0 Å². The fourth-order valence-corrected chi connectivity index (χ4v) is 2.14. The predicted octanol–water partition coefficient (Wildman–Crippen LogP) is 2.99. The van der Waals surface area contributed by atoms with Crippen molar-refractivity contribution in [3.8, 4) is 17.0 Å². The Kier molecular flexibility index (Phi) is 3.02. The van der Waals surface area contributed by atoms with E-state index < -0.39 is 0 Å². The van der Waals surface area contributed by atoms with Gasteiger partial charge in [-0.25, -0.2) is 0 Å². The molecule has 0 unspecified atom stereocenters. The Morgan fingerprint density at radius 1 is 1.20 bits per heavy atom. The Labute approximate surface area is 116 Å². The number of fused-ring (bicyclic) bond motifs is 1. The van der Waals surface area contributed by atoms with Crippen LogP contribution in [0.4, 0.5) is 5.69 Å². The first-order chi connectivity index (χ1) is 9.63. The third kappa shape index (κ3) is 2.30. The number of hydrogen-bond acceptors (Lipinski definition) is 4. The summed E-state index contributed by atoms with van der Waals surface area (Å²) in [4.78, 5) is 4.21. The van der Waals surface area contributed by atoms with E-state index in [0.717, 1.165) is 27.9 Å². The highest BCUT2D eigenvalue weighted by molar-refractivity contribution is 5.94. The van der Waals surface area contributed by atoms with E-state index in [1.54, 1.807) is 12.4 Å². The zero-order valence-corrected chi connectivity index (χ0v) is 11.4. The van der Waals surface area contributed by atoms with Crippen molar-refractivity contribution in [1.82, 2.24) is 15.2 Å². The summed E-state index contributed by atoms with van der Waals surface area (Å²) >= 11 is 0. The molecule has 3 rings (SSSR count). The summed E-state index contributed by atoms with van der Waals surface area (Å²) in [5, 5.41) is 8.33. The molecule has 0 bridgehead atoms. The van der Waals surface area contributed by atoms with E-state index in [1.807, 2.05) is 38.1 Å². The van der Waals surface area contributed by atoms with Crippen molar-refractivity contribution >= 4 is 16.6 Å². The van der Waals surface area contributed by atoms with Crippen molar-refractivity contribution < 1.29 is 4.74 Å². The fourth-order valence-electron chi connectivity index (χ4n) is 2.14. The van der Waals surface area contributed by atoms with Crippen molar-refractivity contribution in [3.63, 3.8) is 0 Å². The van der Waals surface area contributed by atoms with Gasteiger partial charge >= 0.3 is 0 Å². The molecule has 2 aromatic heterocycles. The normalized spacial score (nSPS) is 11.2. The summed E-state index contributed by atoms with van der Waals surface area (Å²) in [6.07, 6.45) is 3.58. The number of pyridine rings is 1. The van der Waals surface area contributed by atoms with Gasteiger partial charge in [0, 0.05) is 22.8 Å². The van der Waals surface area contributed by atoms with E-state index in [0.29, 0.717) is 5.69 Å². The number of H-pyrrole nitrogens is 1. The minimum absolute atomic E-state index is 0.110. The first-order valence-electron chi connectivity index (χ1n) is 6.49. The van der Waals surface area contributed by atoms with E-state index in [-0.39, 0.29) is 6.10 Å². The molecule has 3 N–H and O–H groups in total. The molecular formula is C15H16N4O. The van der Waals surface area contributed by atoms with Crippen LogP contribution in [0.2, 0.25) is 0 Å². The number of nitrogen functional groups attached to an aromatic ring is 1. The van der Waals surface area contributed by atoms with Gasteiger partial charge in [0.15, 0.2) is 0 Å². The fraction of sp³-hybridized carbons (Fsp3) is 0.200. The van der Waals surface area contributed by atoms with Gasteiger partial charge in [0.2, 0.25) is 0 Å². The molecule has 0 saturated carbocycles. The van der Waals surface area contributed by atoms with Crippen molar-refractivity contribution in [1.29, 1.82) is 0 Å². The molecule has 5 nitrogen and oxygen atoms in total. The minimum atomic E-state index is 0.110. The van der Waals surface area contributed by atoms with Gasteiger partial charge in [-0.15, -0.1) is 0 Å². The quantitative estimate of drug-likeness (QED) is 0.716. The Morgan fingerprint density at radius 2 is 2.05 bits per heavy atom. The highest BCUT2D eigenvalue weighted by atomic mass is 16.5. The predicted molar refractivity (Wildman–Crippen MR) is 79.5 cm³/mol. The van der Waals surface area contributed by atoms with Crippen LogP contribution in [-0.4, -0.2) is 21.3 Å². The van der Waals surface area contributed by atoms with Gasteiger partial charge in [-0.1, -0.05) is 0 Å². The lowest BCUT2D eigenvalue weighted by Gasteiger charge is -2.09. The van der Waals surface area contributed by atoms with Crippen LogP contribution in [0.5, 0.6) is 5.75 Å². The molecule has 0 aliphatic heterocycles. The van der Waals surface area contributed by atoms with Crippen molar-refractivity contribution in [2.75, 3.05) is 5.73 Å². The monoisotopic (exact) mass is 268 g/mol. The number of nitrogens with two attached hydrogens (primary N) is 1. The van der Waals surface area contributed by atoms with Crippen LogP contribution < -0.4 is 10.5 Å². The summed E-state index contributed by atoms with van der Waals surface area (Å²) in [7, 11) is 0. The third-order valence-corrected chi connectivity index (χ3v) is 2.95. The molecule has 0 radical (unpaired) electrons. The largest absolute Gasteiger partial charge is 0.489 e. The highest BCUT2D eigenvalue weighted by Gasteiger charge is 2.10. The Balaban J connectivity index is 2.08. The molecule has 0 saturated heterocycles. The number of nitrogens with one attached hydrogen (secondary N) is 1. The molecule has 0 spiro atoms. The van der Waals surface area contributed by atoms with Gasteiger partial charge in [-0.2, -0.15) is 5.10 Å². The third-order valence-electron chi connectivity index (χ3n) is 2.95.